The number of rotatable bonds is 3. The normalized spacial score (nSPS) is 14.2. The van der Waals surface area contributed by atoms with E-state index in [1.165, 1.54) is 0 Å². The molecule has 0 saturated carbocycles. The number of para-hydroxylation sites is 1. The summed E-state index contributed by atoms with van der Waals surface area (Å²) in [6.07, 6.45) is 3.97. The molecule has 0 radical (unpaired) electrons. The van der Waals surface area contributed by atoms with Crippen molar-refractivity contribution in [2.24, 2.45) is 0 Å². The van der Waals surface area contributed by atoms with Crippen LogP contribution in [0.15, 0.2) is 47.5 Å². The van der Waals surface area contributed by atoms with E-state index in [-0.39, 0.29) is 11.3 Å². The second kappa shape index (κ2) is 6.90. The summed E-state index contributed by atoms with van der Waals surface area (Å²) in [5.41, 5.74) is 2.93. The minimum atomic E-state index is -0.0981. The molecule has 3 heterocycles. The Morgan fingerprint density at radius 3 is 2.96 bits per heavy atom. The highest BCUT2D eigenvalue weighted by atomic mass is 35.5. The van der Waals surface area contributed by atoms with Crippen LogP contribution in [0, 0.1) is 0 Å². The van der Waals surface area contributed by atoms with Crippen LogP contribution in [0.5, 0.6) is 5.75 Å². The number of hydrogen-bond acceptors (Lipinski definition) is 5. The molecule has 4 rings (SSSR count). The first-order valence-electron chi connectivity index (χ1n) is 8.33. The van der Waals surface area contributed by atoms with Crippen LogP contribution in [-0.2, 0) is 19.5 Å². The van der Waals surface area contributed by atoms with Crippen molar-refractivity contribution in [2.45, 2.75) is 19.5 Å². The number of phenols is 1. The van der Waals surface area contributed by atoms with Crippen LogP contribution in [0.3, 0.4) is 0 Å². The van der Waals surface area contributed by atoms with Crippen LogP contribution in [0.4, 0.5) is 0 Å². The first-order valence-corrected chi connectivity index (χ1v) is 8.71. The number of H-pyrrole nitrogens is 1. The van der Waals surface area contributed by atoms with Gasteiger partial charge >= 0.3 is 0 Å². The number of hydrogen-bond donors (Lipinski definition) is 2. The summed E-state index contributed by atoms with van der Waals surface area (Å²) in [5.74, 6) is 0.629. The zero-order valence-electron chi connectivity index (χ0n) is 13.9. The van der Waals surface area contributed by atoms with Gasteiger partial charge in [-0.3, -0.25) is 14.7 Å². The van der Waals surface area contributed by atoms with Crippen LogP contribution < -0.4 is 5.56 Å². The lowest BCUT2D eigenvalue weighted by atomic mass is 10.0. The average Bonchev–Trinajstić information content (AvgIpc) is 2.66. The number of benzene rings is 1. The second-order valence-corrected chi connectivity index (χ2v) is 6.70. The molecule has 0 fully saturated rings. The largest absolute Gasteiger partial charge is 0.506 e. The van der Waals surface area contributed by atoms with Gasteiger partial charge in [0.15, 0.2) is 0 Å². The molecule has 132 valence electrons. The number of pyridine rings is 1. The first-order chi connectivity index (χ1) is 12.6. The van der Waals surface area contributed by atoms with Crippen LogP contribution >= 0.6 is 11.6 Å². The lowest BCUT2D eigenvalue weighted by molar-refractivity contribution is 0.237. The van der Waals surface area contributed by atoms with Gasteiger partial charge in [0.05, 0.1) is 10.7 Å². The van der Waals surface area contributed by atoms with Gasteiger partial charge in [0.1, 0.15) is 11.6 Å². The minimum absolute atomic E-state index is 0.0981. The quantitative estimate of drug-likeness (QED) is 0.742. The Bertz CT molecular complexity index is 1000. The Hall–Kier alpha value is -2.70. The summed E-state index contributed by atoms with van der Waals surface area (Å²) in [6.45, 7) is 1.80. The van der Waals surface area contributed by atoms with E-state index in [1.54, 1.807) is 18.5 Å². The van der Waals surface area contributed by atoms with Crippen molar-refractivity contribution in [1.82, 2.24) is 19.9 Å². The molecular formula is C19H17ClN4O2. The van der Waals surface area contributed by atoms with Crippen molar-refractivity contribution >= 4 is 11.6 Å². The third-order valence-electron chi connectivity index (χ3n) is 4.55. The summed E-state index contributed by atoms with van der Waals surface area (Å²) >= 11 is 5.99. The highest BCUT2D eigenvalue weighted by Crippen LogP contribution is 2.29. The standard InChI is InChI=1S/C19H17ClN4O2/c20-15-5-1-3-13(17(15)25)10-24-8-6-14-16(11-24)22-18(23-19(14)26)12-4-2-7-21-9-12/h1-5,7,9,25H,6,8,10-11H2,(H,22,23,26). The maximum atomic E-state index is 12.4. The van der Waals surface area contributed by atoms with Crippen LogP contribution in [-0.4, -0.2) is 31.5 Å². The number of aromatic hydroxyl groups is 1. The van der Waals surface area contributed by atoms with Gasteiger partial charge in [-0.2, -0.15) is 0 Å². The third-order valence-corrected chi connectivity index (χ3v) is 4.86. The zero-order chi connectivity index (χ0) is 18.1. The van der Waals surface area contributed by atoms with Crippen molar-refractivity contribution in [3.05, 3.63) is 74.9 Å². The molecule has 0 spiro atoms. The highest BCUT2D eigenvalue weighted by molar-refractivity contribution is 6.32. The van der Waals surface area contributed by atoms with E-state index in [4.69, 9.17) is 11.6 Å². The molecule has 2 N–H and O–H groups in total. The number of fused-ring (bicyclic) bond motifs is 1. The zero-order valence-corrected chi connectivity index (χ0v) is 14.7. The lowest BCUT2D eigenvalue weighted by Gasteiger charge is -2.28. The fraction of sp³-hybridized carbons (Fsp3) is 0.211. The van der Waals surface area contributed by atoms with Crippen LogP contribution in [0.2, 0.25) is 5.02 Å². The van der Waals surface area contributed by atoms with Crippen molar-refractivity contribution in [1.29, 1.82) is 0 Å². The summed E-state index contributed by atoms with van der Waals surface area (Å²) in [6, 6.07) is 9.00. The molecule has 0 saturated heterocycles. The van der Waals surface area contributed by atoms with Crippen LogP contribution in [0.25, 0.3) is 11.4 Å². The average molecular weight is 369 g/mol. The van der Waals surface area contributed by atoms with Crippen molar-refractivity contribution in [3.8, 4) is 17.1 Å². The summed E-state index contributed by atoms with van der Waals surface area (Å²) in [5, 5.41) is 10.5. The molecule has 0 bridgehead atoms. The number of phenolic OH excluding ortho intramolecular Hbond substituents is 1. The Kier molecular flexibility index (Phi) is 4.44. The predicted octanol–water partition coefficient (Wildman–Crippen LogP) is 2.75. The molecule has 26 heavy (non-hydrogen) atoms. The van der Waals surface area contributed by atoms with Gasteiger partial charge in [0, 0.05) is 48.7 Å². The van der Waals surface area contributed by atoms with E-state index in [1.807, 2.05) is 24.3 Å². The number of nitrogens with one attached hydrogen (secondary N) is 1. The molecule has 7 heteroatoms. The molecule has 0 aliphatic carbocycles. The molecule has 6 nitrogen and oxygen atoms in total. The van der Waals surface area contributed by atoms with Crippen molar-refractivity contribution in [3.63, 3.8) is 0 Å². The summed E-state index contributed by atoms with van der Waals surface area (Å²) < 4.78 is 0. The molecule has 0 unspecified atom stereocenters. The smallest absolute Gasteiger partial charge is 0.254 e. The van der Waals surface area contributed by atoms with Gasteiger partial charge in [0.2, 0.25) is 0 Å². The van der Waals surface area contributed by atoms with Crippen molar-refractivity contribution in [2.75, 3.05) is 6.54 Å². The molecule has 0 amide bonds. The number of halogens is 1. The molecule has 1 aliphatic heterocycles. The van der Waals surface area contributed by atoms with Crippen LogP contribution in [0.1, 0.15) is 16.8 Å². The van der Waals surface area contributed by atoms with Gasteiger partial charge in [-0.15, -0.1) is 0 Å². The van der Waals surface area contributed by atoms with E-state index >= 15 is 0 Å². The van der Waals surface area contributed by atoms with Gasteiger partial charge in [-0.05, 0) is 24.6 Å². The van der Waals surface area contributed by atoms with E-state index < -0.39 is 0 Å². The number of aromatic amines is 1. The molecular weight excluding hydrogens is 352 g/mol. The molecule has 1 aromatic carbocycles. The SMILES string of the molecule is O=c1[nH]c(-c2cccnc2)nc2c1CCN(Cc1cccc(Cl)c1O)C2. The summed E-state index contributed by atoms with van der Waals surface area (Å²) in [7, 11) is 0. The Labute approximate surface area is 155 Å². The molecule has 2 aromatic heterocycles. The van der Waals surface area contributed by atoms with E-state index in [0.29, 0.717) is 30.4 Å². The minimum Gasteiger partial charge on any atom is -0.506 e. The maximum absolute atomic E-state index is 12.4. The number of nitrogens with zero attached hydrogens (tertiary/aromatic N) is 3. The van der Waals surface area contributed by atoms with E-state index in [2.05, 4.69) is 19.9 Å². The first kappa shape index (κ1) is 16.8. The lowest BCUT2D eigenvalue weighted by Crippen LogP contribution is -2.35. The van der Waals surface area contributed by atoms with Gasteiger partial charge in [0.25, 0.3) is 5.56 Å². The highest BCUT2D eigenvalue weighted by Gasteiger charge is 2.22. The van der Waals surface area contributed by atoms with Crippen molar-refractivity contribution < 1.29 is 5.11 Å². The summed E-state index contributed by atoms with van der Waals surface area (Å²) in [4.78, 5) is 26.2. The van der Waals surface area contributed by atoms with Gasteiger partial charge < -0.3 is 10.1 Å². The van der Waals surface area contributed by atoms with Gasteiger partial charge in [-0.1, -0.05) is 23.7 Å². The fourth-order valence-electron chi connectivity index (χ4n) is 3.20. The predicted molar refractivity (Wildman–Crippen MR) is 99.0 cm³/mol. The molecule has 1 aliphatic rings. The number of aromatic nitrogens is 3. The molecule has 0 atom stereocenters. The van der Waals surface area contributed by atoms with E-state index in [9.17, 15) is 9.90 Å². The monoisotopic (exact) mass is 368 g/mol. The Morgan fingerprint density at radius 2 is 2.15 bits per heavy atom. The Balaban J connectivity index is 1.63. The second-order valence-electron chi connectivity index (χ2n) is 6.29. The Morgan fingerprint density at radius 1 is 1.27 bits per heavy atom. The van der Waals surface area contributed by atoms with E-state index in [0.717, 1.165) is 28.9 Å². The van der Waals surface area contributed by atoms with Gasteiger partial charge in [-0.25, -0.2) is 4.98 Å². The fourth-order valence-corrected chi connectivity index (χ4v) is 3.39. The third kappa shape index (κ3) is 3.21. The molecule has 3 aromatic rings. The topological polar surface area (TPSA) is 82.1 Å². The maximum Gasteiger partial charge on any atom is 0.254 e.